The fraction of sp³-hybridized carbons (Fsp3) is 0.188. The number of hydrogen-bond donors (Lipinski definition) is 0. The molecule has 0 amide bonds. The Labute approximate surface area is 119 Å². The Bertz CT molecular complexity index is 673. The van der Waals surface area contributed by atoms with Gasteiger partial charge in [-0.1, -0.05) is 42.5 Å². The highest BCUT2D eigenvalue weighted by molar-refractivity contribution is 7.90. The Morgan fingerprint density at radius 2 is 1.50 bits per heavy atom. The molecule has 104 valence electrons. The van der Waals surface area contributed by atoms with Crippen molar-refractivity contribution in [3.05, 3.63) is 65.7 Å². The van der Waals surface area contributed by atoms with Gasteiger partial charge in [-0.2, -0.15) is 0 Å². The minimum atomic E-state index is -3.19. The molecule has 0 aliphatic carbocycles. The molecule has 1 unspecified atom stereocenters. The fourth-order valence-corrected chi connectivity index (χ4v) is 2.82. The largest absolute Gasteiger partial charge is 0.303 e. The highest BCUT2D eigenvalue weighted by atomic mass is 32.2. The third kappa shape index (κ3) is 3.33. The van der Waals surface area contributed by atoms with Gasteiger partial charge >= 0.3 is 0 Å². The first-order valence-corrected chi connectivity index (χ1v) is 8.20. The lowest BCUT2D eigenvalue weighted by molar-refractivity contribution is -0.108. The van der Waals surface area contributed by atoms with E-state index in [2.05, 4.69) is 0 Å². The van der Waals surface area contributed by atoms with E-state index in [1.165, 1.54) is 6.26 Å². The van der Waals surface area contributed by atoms with Crippen molar-refractivity contribution in [1.82, 2.24) is 0 Å². The van der Waals surface area contributed by atoms with E-state index in [1.54, 1.807) is 24.3 Å². The highest BCUT2D eigenvalue weighted by Gasteiger charge is 2.14. The van der Waals surface area contributed by atoms with Crippen LogP contribution in [0.5, 0.6) is 0 Å². The van der Waals surface area contributed by atoms with Crippen LogP contribution in [0.1, 0.15) is 23.5 Å². The number of hydrogen-bond acceptors (Lipinski definition) is 3. The summed E-state index contributed by atoms with van der Waals surface area (Å²) in [4.78, 5) is 11.2. The van der Waals surface area contributed by atoms with Crippen LogP contribution in [0.25, 0.3) is 0 Å². The predicted molar refractivity (Wildman–Crippen MR) is 78.5 cm³/mol. The Hall–Kier alpha value is -1.94. The van der Waals surface area contributed by atoms with Crippen molar-refractivity contribution in [2.75, 3.05) is 6.26 Å². The fourth-order valence-electron chi connectivity index (χ4n) is 2.19. The van der Waals surface area contributed by atoms with Gasteiger partial charge < -0.3 is 4.79 Å². The van der Waals surface area contributed by atoms with Gasteiger partial charge in [-0.15, -0.1) is 0 Å². The third-order valence-electron chi connectivity index (χ3n) is 3.24. The maximum absolute atomic E-state index is 11.5. The zero-order valence-corrected chi connectivity index (χ0v) is 12.0. The summed E-state index contributed by atoms with van der Waals surface area (Å²) in [6.07, 6.45) is 2.45. The molecule has 1 atom stereocenters. The Kier molecular flexibility index (Phi) is 4.35. The minimum Gasteiger partial charge on any atom is -0.303 e. The van der Waals surface area contributed by atoms with Crippen LogP contribution in [0, 0.1) is 0 Å². The molecule has 0 spiro atoms. The molecule has 20 heavy (non-hydrogen) atoms. The highest BCUT2D eigenvalue weighted by Crippen LogP contribution is 2.27. The Morgan fingerprint density at radius 3 is 2.00 bits per heavy atom. The zero-order valence-electron chi connectivity index (χ0n) is 11.2. The lowest BCUT2D eigenvalue weighted by Crippen LogP contribution is -2.03. The van der Waals surface area contributed by atoms with Gasteiger partial charge in [-0.3, -0.25) is 0 Å². The van der Waals surface area contributed by atoms with Crippen LogP contribution in [-0.4, -0.2) is 21.0 Å². The summed E-state index contributed by atoms with van der Waals surface area (Å²) in [5.41, 5.74) is 1.99. The first-order chi connectivity index (χ1) is 9.52. The van der Waals surface area contributed by atoms with E-state index in [1.807, 2.05) is 30.3 Å². The number of benzene rings is 2. The number of carbonyl (C=O) groups excluding carboxylic acids is 1. The minimum absolute atomic E-state index is 0.0395. The normalized spacial score (nSPS) is 12.8. The van der Waals surface area contributed by atoms with Crippen LogP contribution in [-0.2, 0) is 14.6 Å². The van der Waals surface area contributed by atoms with Crippen molar-refractivity contribution in [2.24, 2.45) is 0 Å². The molecule has 0 N–H and O–H groups in total. The monoisotopic (exact) mass is 288 g/mol. The molecule has 0 saturated carbocycles. The molecule has 2 aromatic carbocycles. The number of sulfone groups is 1. The van der Waals surface area contributed by atoms with Crippen molar-refractivity contribution in [3.63, 3.8) is 0 Å². The number of aldehydes is 1. The van der Waals surface area contributed by atoms with Gasteiger partial charge in [-0.05, 0) is 23.3 Å². The molecule has 0 radical (unpaired) electrons. The van der Waals surface area contributed by atoms with Gasteiger partial charge in [0.05, 0.1) is 4.90 Å². The molecule has 0 fully saturated rings. The maximum atomic E-state index is 11.5. The predicted octanol–water partition coefficient (Wildman–Crippen LogP) is 2.81. The Balaban J connectivity index is 2.38. The van der Waals surface area contributed by atoms with Crippen LogP contribution in [0.4, 0.5) is 0 Å². The smallest absolute Gasteiger partial charge is 0.175 e. The zero-order chi connectivity index (χ0) is 14.6. The van der Waals surface area contributed by atoms with Crippen LogP contribution < -0.4 is 0 Å². The van der Waals surface area contributed by atoms with E-state index >= 15 is 0 Å². The molecule has 0 aromatic heterocycles. The van der Waals surface area contributed by atoms with E-state index in [0.29, 0.717) is 11.3 Å². The van der Waals surface area contributed by atoms with E-state index in [4.69, 9.17) is 0 Å². The van der Waals surface area contributed by atoms with Gasteiger partial charge in [0.2, 0.25) is 0 Å². The van der Waals surface area contributed by atoms with Crippen LogP contribution in [0.2, 0.25) is 0 Å². The van der Waals surface area contributed by atoms with E-state index in [9.17, 15) is 13.2 Å². The molecule has 0 heterocycles. The molecule has 0 aliphatic heterocycles. The van der Waals surface area contributed by atoms with Crippen molar-refractivity contribution < 1.29 is 13.2 Å². The molecular formula is C16H16O3S. The Morgan fingerprint density at radius 1 is 0.950 bits per heavy atom. The van der Waals surface area contributed by atoms with Gasteiger partial charge in [0.25, 0.3) is 0 Å². The summed E-state index contributed by atoms with van der Waals surface area (Å²) in [5.74, 6) is -0.0395. The van der Waals surface area contributed by atoms with Crippen molar-refractivity contribution in [3.8, 4) is 0 Å². The summed E-state index contributed by atoms with van der Waals surface area (Å²) in [6, 6.07) is 16.5. The molecular weight excluding hydrogens is 272 g/mol. The first-order valence-electron chi connectivity index (χ1n) is 6.31. The van der Waals surface area contributed by atoms with Crippen LogP contribution in [0.15, 0.2) is 59.5 Å². The molecule has 4 heteroatoms. The summed E-state index contributed by atoms with van der Waals surface area (Å²) in [7, 11) is -3.19. The first kappa shape index (κ1) is 14.5. The summed E-state index contributed by atoms with van der Waals surface area (Å²) >= 11 is 0. The second-order valence-electron chi connectivity index (χ2n) is 4.71. The van der Waals surface area contributed by atoms with E-state index < -0.39 is 9.84 Å². The van der Waals surface area contributed by atoms with Gasteiger partial charge in [0.15, 0.2) is 9.84 Å². The summed E-state index contributed by atoms with van der Waals surface area (Å²) in [6.45, 7) is 0. The standard InChI is InChI=1S/C16H16O3S/c1-20(18,19)15-9-7-14(8-10-15)16(11-12-17)13-5-3-2-4-6-13/h2-10,12,16H,11H2,1H3. The third-order valence-corrected chi connectivity index (χ3v) is 4.37. The van der Waals surface area contributed by atoms with Crippen LogP contribution in [0.3, 0.4) is 0 Å². The molecule has 0 saturated heterocycles. The number of carbonyl (C=O) groups is 1. The topological polar surface area (TPSA) is 51.2 Å². The molecule has 3 nitrogen and oxygen atoms in total. The van der Waals surface area contributed by atoms with Gasteiger partial charge in [-0.25, -0.2) is 8.42 Å². The number of rotatable bonds is 5. The second-order valence-corrected chi connectivity index (χ2v) is 6.72. The molecule has 2 aromatic rings. The quantitative estimate of drug-likeness (QED) is 0.795. The SMILES string of the molecule is CS(=O)(=O)c1ccc(C(CC=O)c2ccccc2)cc1. The van der Waals surface area contributed by atoms with E-state index in [-0.39, 0.29) is 5.92 Å². The molecule has 0 aliphatic rings. The average Bonchev–Trinajstić information content (AvgIpc) is 2.45. The van der Waals surface area contributed by atoms with E-state index in [0.717, 1.165) is 17.4 Å². The molecule has 2 rings (SSSR count). The summed E-state index contributed by atoms with van der Waals surface area (Å²) in [5, 5.41) is 0. The van der Waals surface area contributed by atoms with Gasteiger partial charge in [0.1, 0.15) is 6.29 Å². The lowest BCUT2D eigenvalue weighted by Gasteiger charge is -2.15. The van der Waals surface area contributed by atoms with Gasteiger partial charge in [0, 0.05) is 18.6 Å². The van der Waals surface area contributed by atoms with Crippen molar-refractivity contribution >= 4 is 16.1 Å². The maximum Gasteiger partial charge on any atom is 0.175 e. The lowest BCUT2D eigenvalue weighted by atomic mass is 9.89. The van der Waals surface area contributed by atoms with Crippen molar-refractivity contribution in [2.45, 2.75) is 17.2 Å². The molecule has 0 bridgehead atoms. The van der Waals surface area contributed by atoms with Crippen molar-refractivity contribution in [1.29, 1.82) is 0 Å². The second kappa shape index (κ2) is 6.01. The summed E-state index contributed by atoms with van der Waals surface area (Å²) < 4.78 is 22.9. The average molecular weight is 288 g/mol. The van der Waals surface area contributed by atoms with Crippen LogP contribution >= 0.6 is 0 Å².